The molecule has 0 saturated heterocycles. The van der Waals surface area contributed by atoms with Gasteiger partial charge in [0.1, 0.15) is 11.5 Å². The molecular formula is C24H16O. The van der Waals surface area contributed by atoms with Crippen molar-refractivity contribution < 1.29 is 4.74 Å². The lowest BCUT2D eigenvalue weighted by molar-refractivity contribution is 0.488. The predicted molar refractivity (Wildman–Crippen MR) is 103 cm³/mol. The van der Waals surface area contributed by atoms with Gasteiger partial charge in [0.15, 0.2) is 0 Å². The van der Waals surface area contributed by atoms with E-state index < -0.39 is 0 Å². The molecule has 0 radical (unpaired) electrons. The van der Waals surface area contributed by atoms with Gasteiger partial charge in [0.05, 0.1) is 0 Å². The highest BCUT2D eigenvalue weighted by Crippen LogP contribution is 2.49. The van der Waals surface area contributed by atoms with Gasteiger partial charge in [-0.15, -0.1) is 0 Å². The van der Waals surface area contributed by atoms with Gasteiger partial charge in [0.2, 0.25) is 0 Å². The van der Waals surface area contributed by atoms with E-state index >= 15 is 0 Å². The number of para-hydroxylation sites is 2. The Bertz CT molecular complexity index is 1060. The highest BCUT2D eigenvalue weighted by Gasteiger charge is 2.22. The molecule has 0 aromatic heterocycles. The number of benzene rings is 4. The zero-order valence-electron chi connectivity index (χ0n) is 13.6. The van der Waals surface area contributed by atoms with E-state index in [1.165, 1.54) is 22.3 Å². The second-order valence-electron chi connectivity index (χ2n) is 6.19. The average molecular weight is 320 g/mol. The third kappa shape index (κ3) is 2.25. The smallest absolute Gasteiger partial charge is 0.135 e. The third-order valence-electron chi connectivity index (χ3n) is 4.70. The Hall–Kier alpha value is -3.32. The average Bonchev–Trinajstić information content (AvgIpc) is 2.83. The van der Waals surface area contributed by atoms with Crippen LogP contribution in [0, 0.1) is 0 Å². The van der Waals surface area contributed by atoms with Crippen LogP contribution in [-0.2, 0) is 0 Å². The Morgan fingerprint density at radius 3 is 1.76 bits per heavy atom. The van der Waals surface area contributed by atoms with E-state index in [4.69, 9.17) is 4.74 Å². The van der Waals surface area contributed by atoms with Crippen molar-refractivity contribution in [1.82, 2.24) is 0 Å². The van der Waals surface area contributed by atoms with Gasteiger partial charge in [0, 0.05) is 16.7 Å². The summed E-state index contributed by atoms with van der Waals surface area (Å²) < 4.78 is 6.28. The molecule has 1 heterocycles. The molecule has 0 N–H and O–H groups in total. The molecule has 25 heavy (non-hydrogen) atoms. The Morgan fingerprint density at radius 1 is 0.400 bits per heavy atom. The maximum absolute atomic E-state index is 6.28. The van der Waals surface area contributed by atoms with E-state index in [0.717, 1.165) is 22.6 Å². The molecule has 0 unspecified atom stereocenters. The number of hydrogen-bond acceptors (Lipinski definition) is 1. The zero-order chi connectivity index (χ0) is 16.6. The van der Waals surface area contributed by atoms with Crippen LogP contribution in [0.2, 0.25) is 0 Å². The van der Waals surface area contributed by atoms with Crippen molar-refractivity contribution in [3.8, 4) is 44.9 Å². The number of ether oxygens (including phenoxy) is 1. The molecule has 0 aliphatic carbocycles. The molecular weight excluding hydrogens is 304 g/mol. The lowest BCUT2D eigenvalue weighted by Gasteiger charge is -2.14. The Kier molecular flexibility index (Phi) is 3.17. The van der Waals surface area contributed by atoms with Crippen molar-refractivity contribution in [3.05, 3.63) is 97.1 Å². The molecule has 0 spiro atoms. The first-order chi connectivity index (χ1) is 12.4. The fourth-order valence-corrected chi connectivity index (χ4v) is 3.58. The molecule has 1 aliphatic rings. The minimum Gasteiger partial charge on any atom is -0.456 e. The second kappa shape index (κ2) is 5.64. The largest absolute Gasteiger partial charge is 0.456 e. The van der Waals surface area contributed by atoms with Crippen molar-refractivity contribution in [1.29, 1.82) is 0 Å². The van der Waals surface area contributed by atoms with E-state index in [0.29, 0.717) is 0 Å². The SMILES string of the molecule is c1ccc(-c2cccc3c2-c2ccccc2Oc2ccccc2-3)cc1. The minimum atomic E-state index is 0.900. The van der Waals surface area contributed by atoms with Gasteiger partial charge >= 0.3 is 0 Å². The fourth-order valence-electron chi connectivity index (χ4n) is 3.58. The summed E-state index contributed by atoms with van der Waals surface area (Å²) in [6.45, 7) is 0. The first-order valence-electron chi connectivity index (χ1n) is 8.47. The highest BCUT2D eigenvalue weighted by atomic mass is 16.5. The van der Waals surface area contributed by atoms with Crippen molar-refractivity contribution in [2.75, 3.05) is 0 Å². The van der Waals surface area contributed by atoms with Crippen molar-refractivity contribution in [2.45, 2.75) is 0 Å². The van der Waals surface area contributed by atoms with E-state index in [9.17, 15) is 0 Å². The molecule has 0 saturated carbocycles. The van der Waals surface area contributed by atoms with Gasteiger partial charge in [-0.25, -0.2) is 0 Å². The first-order valence-corrected chi connectivity index (χ1v) is 8.47. The lowest BCUT2D eigenvalue weighted by atomic mass is 9.88. The Labute approximate surface area is 147 Å². The van der Waals surface area contributed by atoms with E-state index in [1.807, 2.05) is 24.3 Å². The minimum absolute atomic E-state index is 0.900. The summed E-state index contributed by atoms with van der Waals surface area (Å²) in [5.74, 6) is 1.80. The normalized spacial score (nSPS) is 11.5. The second-order valence-corrected chi connectivity index (χ2v) is 6.19. The number of fused-ring (bicyclic) bond motifs is 5. The molecule has 1 heteroatoms. The highest BCUT2D eigenvalue weighted by molar-refractivity contribution is 5.98. The van der Waals surface area contributed by atoms with Crippen LogP contribution in [0.5, 0.6) is 11.5 Å². The molecule has 0 fully saturated rings. The van der Waals surface area contributed by atoms with Gasteiger partial charge in [0.25, 0.3) is 0 Å². The van der Waals surface area contributed by atoms with Crippen LogP contribution >= 0.6 is 0 Å². The number of hydrogen-bond donors (Lipinski definition) is 0. The molecule has 1 aliphatic heterocycles. The van der Waals surface area contributed by atoms with Gasteiger partial charge in [-0.3, -0.25) is 0 Å². The summed E-state index contributed by atoms with van der Waals surface area (Å²) in [5.41, 5.74) is 7.15. The summed E-state index contributed by atoms with van der Waals surface area (Å²) in [5, 5.41) is 0. The summed E-state index contributed by atoms with van der Waals surface area (Å²) in [6, 6.07) is 33.6. The molecule has 1 nitrogen and oxygen atoms in total. The van der Waals surface area contributed by atoms with Crippen LogP contribution < -0.4 is 4.74 Å². The standard InChI is InChI=1S/C24H16O/c1-2-9-17(10-3-1)18-13-8-14-20-19-11-4-6-15-22(19)25-23-16-7-5-12-21(23)24(18)20/h1-16H. The third-order valence-corrected chi connectivity index (χ3v) is 4.70. The van der Waals surface area contributed by atoms with Crippen molar-refractivity contribution in [3.63, 3.8) is 0 Å². The van der Waals surface area contributed by atoms with Crippen LogP contribution in [-0.4, -0.2) is 0 Å². The van der Waals surface area contributed by atoms with E-state index in [2.05, 4.69) is 72.8 Å². The molecule has 0 amide bonds. The van der Waals surface area contributed by atoms with Gasteiger partial charge < -0.3 is 4.74 Å². The van der Waals surface area contributed by atoms with Crippen LogP contribution in [0.4, 0.5) is 0 Å². The molecule has 5 rings (SSSR count). The molecule has 0 atom stereocenters. The van der Waals surface area contributed by atoms with Gasteiger partial charge in [-0.2, -0.15) is 0 Å². The van der Waals surface area contributed by atoms with Gasteiger partial charge in [-0.1, -0.05) is 84.9 Å². The molecule has 118 valence electrons. The molecule has 0 bridgehead atoms. The summed E-state index contributed by atoms with van der Waals surface area (Å²) >= 11 is 0. The van der Waals surface area contributed by atoms with Crippen LogP contribution in [0.15, 0.2) is 97.1 Å². The monoisotopic (exact) mass is 320 g/mol. The maximum Gasteiger partial charge on any atom is 0.135 e. The molecule has 4 aromatic carbocycles. The van der Waals surface area contributed by atoms with Crippen LogP contribution in [0.3, 0.4) is 0 Å². The zero-order valence-corrected chi connectivity index (χ0v) is 13.6. The predicted octanol–water partition coefficient (Wildman–Crippen LogP) is 6.79. The maximum atomic E-state index is 6.28. The molecule has 4 aromatic rings. The van der Waals surface area contributed by atoms with Crippen LogP contribution in [0.25, 0.3) is 33.4 Å². The fraction of sp³-hybridized carbons (Fsp3) is 0. The first kappa shape index (κ1) is 14.1. The summed E-state index contributed by atoms with van der Waals surface area (Å²) in [4.78, 5) is 0. The van der Waals surface area contributed by atoms with E-state index in [-0.39, 0.29) is 0 Å². The summed E-state index contributed by atoms with van der Waals surface area (Å²) in [7, 11) is 0. The number of rotatable bonds is 1. The van der Waals surface area contributed by atoms with Crippen molar-refractivity contribution >= 4 is 0 Å². The van der Waals surface area contributed by atoms with E-state index in [1.54, 1.807) is 0 Å². The topological polar surface area (TPSA) is 9.23 Å². The van der Waals surface area contributed by atoms with Crippen LogP contribution in [0.1, 0.15) is 0 Å². The Morgan fingerprint density at radius 2 is 0.960 bits per heavy atom. The lowest BCUT2D eigenvalue weighted by Crippen LogP contribution is -1.89. The summed E-state index contributed by atoms with van der Waals surface area (Å²) in [6.07, 6.45) is 0. The van der Waals surface area contributed by atoms with Gasteiger partial charge in [-0.05, 0) is 28.8 Å². The Balaban J connectivity index is 1.91. The van der Waals surface area contributed by atoms with Crippen molar-refractivity contribution in [2.24, 2.45) is 0 Å². The quantitative estimate of drug-likeness (QED) is 0.330.